The molecule has 3 N–H and O–H groups in total. The van der Waals surface area contributed by atoms with Crippen LogP contribution >= 0.6 is 0 Å². The zero-order chi connectivity index (χ0) is 15.6. The Kier molecular flexibility index (Phi) is 4.42. The molecule has 0 aromatic heterocycles. The Labute approximate surface area is 123 Å². The minimum atomic E-state index is -0.452. The van der Waals surface area contributed by atoms with Crippen LogP contribution in [0.4, 0.5) is 11.4 Å². The van der Waals surface area contributed by atoms with E-state index in [9.17, 15) is 14.9 Å². The molecule has 21 heavy (non-hydrogen) atoms. The standard InChI is InChI=1S/C14H20N4O3/c1-9(2)10-6-14(19)17(7-10)8-11-5-12(18(20)21)3-4-13(11)16-15/h3-5,9-10,16H,6-8,15H2,1-2H3. The van der Waals surface area contributed by atoms with E-state index in [1.807, 2.05) is 0 Å². The van der Waals surface area contributed by atoms with Crippen molar-refractivity contribution in [2.45, 2.75) is 26.8 Å². The summed E-state index contributed by atoms with van der Waals surface area (Å²) in [6.45, 7) is 5.22. The first kappa shape index (κ1) is 15.2. The van der Waals surface area contributed by atoms with Gasteiger partial charge in [-0.2, -0.15) is 0 Å². The number of likely N-dealkylation sites (tertiary alicyclic amines) is 1. The number of non-ortho nitro benzene ring substituents is 1. The molecule has 114 valence electrons. The van der Waals surface area contributed by atoms with E-state index in [0.29, 0.717) is 42.6 Å². The molecule has 1 saturated heterocycles. The first-order chi connectivity index (χ1) is 9.92. The van der Waals surface area contributed by atoms with Gasteiger partial charge in [-0.15, -0.1) is 0 Å². The Morgan fingerprint density at radius 1 is 1.52 bits per heavy atom. The highest BCUT2D eigenvalue weighted by atomic mass is 16.6. The highest BCUT2D eigenvalue weighted by molar-refractivity contribution is 5.79. The summed E-state index contributed by atoms with van der Waals surface area (Å²) in [6.07, 6.45) is 0.540. The molecule has 1 heterocycles. The van der Waals surface area contributed by atoms with E-state index < -0.39 is 4.92 Å². The molecule has 0 radical (unpaired) electrons. The molecule has 7 heteroatoms. The monoisotopic (exact) mass is 292 g/mol. The summed E-state index contributed by atoms with van der Waals surface area (Å²) in [5.41, 5.74) is 3.78. The van der Waals surface area contributed by atoms with Crippen LogP contribution in [0.2, 0.25) is 0 Å². The van der Waals surface area contributed by atoms with Crippen molar-refractivity contribution < 1.29 is 9.72 Å². The topological polar surface area (TPSA) is 102 Å². The fourth-order valence-corrected chi connectivity index (χ4v) is 2.57. The first-order valence-corrected chi connectivity index (χ1v) is 6.94. The number of rotatable bonds is 5. The van der Waals surface area contributed by atoms with Crippen LogP contribution in [0.5, 0.6) is 0 Å². The van der Waals surface area contributed by atoms with Gasteiger partial charge in [0.1, 0.15) is 0 Å². The summed E-state index contributed by atoms with van der Waals surface area (Å²) in [5.74, 6) is 6.30. The Hall–Kier alpha value is -2.15. The second-order valence-corrected chi connectivity index (χ2v) is 5.73. The second kappa shape index (κ2) is 6.09. The molecule has 1 fully saturated rings. The first-order valence-electron chi connectivity index (χ1n) is 6.94. The predicted molar refractivity (Wildman–Crippen MR) is 79.3 cm³/mol. The van der Waals surface area contributed by atoms with E-state index in [0.717, 1.165) is 0 Å². The molecular weight excluding hydrogens is 272 g/mol. The molecule has 1 amide bonds. The lowest BCUT2D eigenvalue weighted by Crippen LogP contribution is -2.26. The van der Waals surface area contributed by atoms with Crippen molar-refractivity contribution in [3.63, 3.8) is 0 Å². The van der Waals surface area contributed by atoms with Gasteiger partial charge >= 0.3 is 0 Å². The second-order valence-electron chi connectivity index (χ2n) is 5.73. The minimum Gasteiger partial charge on any atom is -0.338 e. The predicted octanol–water partition coefficient (Wildman–Crippen LogP) is 1.88. The van der Waals surface area contributed by atoms with Gasteiger partial charge in [-0.05, 0) is 17.9 Å². The third kappa shape index (κ3) is 3.30. The van der Waals surface area contributed by atoms with E-state index in [2.05, 4.69) is 19.3 Å². The number of hydrogen-bond donors (Lipinski definition) is 2. The number of hydrazine groups is 1. The van der Waals surface area contributed by atoms with Gasteiger partial charge < -0.3 is 10.3 Å². The van der Waals surface area contributed by atoms with Crippen molar-refractivity contribution in [2.24, 2.45) is 17.7 Å². The molecule has 1 aromatic rings. The summed E-state index contributed by atoms with van der Waals surface area (Å²) in [5, 5.41) is 10.9. The fourth-order valence-electron chi connectivity index (χ4n) is 2.57. The van der Waals surface area contributed by atoms with Crippen molar-refractivity contribution in [2.75, 3.05) is 12.0 Å². The van der Waals surface area contributed by atoms with Crippen molar-refractivity contribution in [1.29, 1.82) is 0 Å². The lowest BCUT2D eigenvalue weighted by Gasteiger charge is -2.19. The number of nitrogens with one attached hydrogen (secondary N) is 1. The number of anilines is 1. The third-order valence-corrected chi connectivity index (χ3v) is 4.00. The fraction of sp³-hybridized carbons (Fsp3) is 0.500. The highest BCUT2D eigenvalue weighted by Gasteiger charge is 2.31. The normalized spacial score (nSPS) is 18.4. The van der Waals surface area contributed by atoms with Crippen molar-refractivity contribution in [3.8, 4) is 0 Å². The van der Waals surface area contributed by atoms with Gasteiger partial charge in [-0.3, -0.25) is 20.8 Å². The maximum absolute atomic E-state index is 12.1. The van der Waals surface area contributed by atoms with E-state index in [1.165, 1.54) is 12.1 Å². The van der Waals surface area contributed by atoms with Gasteiger partial charge in [0.15, 0.2) is 0 Å². The van der Waals surface area contributed by atoms with Crippen LogP contribution in [-0.2, 0) is 11.3 Å². The smallest absolute Gasteiger partial charge is 0.269 e. The zero-order valence-corrected chi connectivity index (χ0v) is 12.2. The maximum Gasteiger partial charge on any atom is 0.269 e. The van der Waals surface area contributed by atoms with Crippen LogP contribution in [0.15, 0.2) is 18.2 Å². The average molecular weight is 292 g/mol. The number of benzene rings is 1. The number of amides is 1. The van der Waals surface area contributed by atoms with Crippen LogP contribution in [0, 0.1) is 22.0 Å². The van der Waals surface area contributed by atoms with Crippen molar-refractivity contribution in [1.82, 2.24) is 4.90 Å². The highest BCUT2D eigenvalue weighted by Crippen LogP contribution is 2.29. The van der Waals surface area contributed by atoms with Crippen molar-refractivity contribution >= 4 is 17.3 Å². The molecule has 7 nitrogen and oxygen atoms in total. The number of nitrogens with two attached hydrogens (primary N) is 1. The molecule has 0 spiro atoms. The van der Waals surface area contributed by atoms with E-state index in [4.69, 9.17) is 5.84 Å². The molecule has 1 aliphatic rings. The maximum atomic E-state index is 12.1. The van der Waals surface area contributed by atoms with Crippen LogP contribution in [0.1, 0.15) is 25.8 Å². The van der Waals surface area contributed by atoms with Crippen LogP contribution in [0.3, 0.4) is 0 Å². The van der Waals surface area contributed by atoms with E-state index >= 15 is 0 Å². The SMILES string of the molecule is CC(C)C1CC(=O)N(Cc2cc([N+](=O)[O-])ccc2NN)C1. The summed E-state index contributed by atoms with van der Waals surface area (Å²) >= 11 is 0. The van der Waals surface area contributed by atoms with Crippen molar-refractivity contribution in [3.05, 3.63) is 33.9 Å². The molecule has 1 atom stereocenters. The average Bonchev–Trinajstić information content (AvgIpc) is 2.80. The molecule has 0 saturated carbocycles. The molecule has 0 aliphatic carbocycles. The Morgan fingerprint density at radius 3 is 2.76 bits per heavy atom. The van der Waals surface area contributed by atoms with Gasteiger partial charge in [0.2, 0.25) is 5.91 Å². The van der Waals surface area contributed by atoms with Crippen LogP contribution < -0.4 is 11.3 Å². The van der Waals surface area contributed by atoms with Crippen LogP contribution in [-0.4, -0.2) is 22.3 Å². The number of hydrogen-bond acceptors (Lipinski definition) is 5. The number of carbonyl (C=O) groups excluding carboxylic acids is 1. The van der Waals surface area contributed by atoms with E-state index in [1.54, 1.807) is 11.0 Å². The summed E-state index contributed by atoms with van der Waals surface area (Å²) < 4.78 is 0. The van der Waals surface area contributed by atoms with Gasteiger partial charge in [0.05, 0.1) is 10.6 Å². The molecule has 2 rings (SSSR count). The molecule has 1 unspecified atom stereocenters. The van der Waals surface area contributed by atoms with Crippen LogP contribution in [0.25, 0.3) is 0 Å². The number of nitrogen functional groups attached to an aromatic ring is 1. The van der Waals surface area contributed by atoms with Gasteiger partial charge in [0, 0.05) is 37.2 Å². The number of nitro benzene ring substituents is 1. The lowest BCUT2D eigenvalue weighted by atomic mass is 9.95. The molecule has 1 aliphatic heterocycles. The summed E-state index contributed by atoms with van der Waals surface area (Å²) in [6, 6.07) is 4.42. The Bertz CT molecular complexity index is 559. The van der Waals surface area contributed by atoms with Gasteiger partial charge in [0.25, 0.3) is 5.69 Å². The lowest BCUT2D eigenvalue weighted by molar-refractivity contribution is -0.384. The number of carbonyl (C=O) groups is 1. The zero-order valence-electron chi connectivity index (χ0n) is 12.2. The van der Waals surface area contributed by atoms with Gasteiger partial charge in [-0.1, -0.05) is 13.8 Å². The largest absolute Gasteiger partial charge is 0.338 e. The molecular formula is C14H20N4O3. The minimum absolute atomic E-state index is 0.00365. The Balaban J connectivity index is 2.20. The third-order valence-electron chi connectivity index (χ3n) is 4.00. The quantitative estimate of drug-likeness (QED) is 0.490. The molecule has 0 bridgehead atoms. The van der Waals surface area contributed by atoms with E-state index in [-0.39, 0.29) is 11.6 Å². The summed E-state index contributed by atoms with van der Waals surface area (Å²) in [7, 11) is 0. The number of nitro groups is 1. The summed E-state index contributed by atoms with van der Waals surface area (Å²) in [4.78, 5) is 24.2. The molecule has 1 aromatic carbocycles. The van der Waals surface area contributed by atoms with Gasteiger partial charge in [-0.25, -0.2) is 0 Å². The Morgan fingerprint density at radius 2 is 2.24 bits per heavy atom. The number of nitrogens with zero attached hydrogens (tertiary/aromatic N) is 2.